The maximum absolute atomic E-state index is 14.6. The van der Waals surface area contributed by atoms with Gasteiger partial charge in [-0.15, -0.1) is 0 Å². The third-order valence-corrected chi connectivity index (χ3v) is 13.1. The molecule has 0 spiro atoms. The highest BCUT2D eigenvalue weighted by Gasteiger charge is 2.73. The van der Waals surface area contributed by atoms with Crippen LogP contribution in [0.1, 0.15) is 80.6 Å². The number of hydrogen-bond donors (Lipinski definition) is 4. The summed E-state index contributed by atoms with van der Waals surface area (Å²) in [7, 11) is 0. The molecule has 4 fully saturated rings. The van der Waals surface area contributed by atoms with E-state index in [0.717, 1.165) is 6.42 Å². The number of aliphatic hydroxyl groups is 4. The highest BCUT2D eigenvalue weighted by molar-refractivity contribution is 5.96. The molecule has 0 aromatic rings. The van der Waals surface area contributed by atoms with E-state index in [-0.39, 0.29) is 53.9 Å². The second kappa shape index (κ2) is 10.2. The van der Waals surface area contributed by atoms with E-state index in [0.29, 0.717) is 25.0 Å². The van der Waals surface area contributed by atoms with Crippen LogP contribution < -0.4 is 0 Å². The molecule has 43 heavy (non-hydrogen) atoms. The molecule has 2 aliphatic heterocycles. The summed E-state index contributed by atoms with van der Waals surface area (Å²) >= 11 is 0. The van der Waals surface area contributed by atoms with Crippen molar-refractivity contribution in [2.24, 2.45) is 45.3 Å². The van der Waals surface area contributed by atoms with E-state index in [9.17, 15) is 30.0 Å². The molecule has 13 atom stereocenters. The molecule has 2 heterocycles. The summed E-state index contributed by atoms with van der Waals surface area (Å²) in [6, 6.07) is 0. The van der Waals surface area contributed by atoms with Gasteiger partial charge in [0.15, 0.2) is 18.2 Å². The van der Waals surface area contributed by atoms with Crippen LogP contribution in [0.4, 0.5) is 0 Å². The standard InChI is InChI=1S/C34H50O9/c1-16(2)22-12-19(35)29(42-22)26-20(36)13-32(5)23-10-8-17-18(34(23,7)24(38)14-33(26,32)6)9-11-25(31(17,3)4)43-30-28(40)27(39)21(37)15-41-30/h8,12,16,18,20-21,23,25-30,36-37,39-40H,9-11,13-15H2,1-7H3/t18?,20-,21-,23?,25-,26-,27+,28-,29?,30+,32+,33-,34+/m1/s1. The van der Waals surface area contributed by atoms with Gasteiger partial charge < -0.3 is 34.6 Å². The van der Waals surface area contributed by atoms with Crippen molar-refractivity contribution in [3.8, 4) is 0 Å². The van der Waals surface area contributed by atoms with Crippen LogP contribution in [0.2, 0.25) is 0 Å². The van der Waals surface area contributed by atoms with Gasteiger partial charge in [0.05, 0.1) is 18.8 Å². The van der Waals surface area contributed by atoms with Crippen molar-refractivity contribution in [2.45, 2.75) is 123 Å². The molecule has 0 aromatic carbocycles. The number of ketones is 2. The van der Waals surface area contributed by atoms with Crippen LogP contribution in [0.5, 0.6) is 0 Å². The minimum absolute atomic E-state index is 0.00523. The van der Waals surface area contributed by atoms with Gasteiger partial charge >= 0.3 is 0 Å². The van der Waals surface area contributed by atoms with Gasteiger partial charge in [0.25, 0.3) is 0 Å². The first-order valence-electron chi connectivity index (χ1n) is 16.1. The number of aliphatic hydroxyl groups excluding tert-OH is 4. The molecule has 0 aromatic heterocycles. The quantitative estimate of drug-likeness (QED) is 0.357. The Hall–Kier alpha value is -1.62. The van der Waals surface area contributed by atoms with Crippen molar-refractivity contribution in [3.63, 3.8) is 0 Å². The largest absolute Gasteiger partial charge is 0.486 e. The van der Waals surface area contributed by atoms with Crippen LogP contribution in [0.3, 0.4) is 0 Å². The third-order valence-electron chi connectivity index (χ3n) is 13.1. The van der Waals surface area contributed by atoms with E-state index < -0.39 is 59.0 Å². The monoisotopic (exact) mass is 602 g/mol. The third kappa shape index (κ3) is 4.24. The normalized spacial score (nSPS) is 50.9. The first-order valence-corrected chi connectivity index (χ1v) is 16.1. The molecule has 9 nitrogen and oxygen atoms in total. The molecule has 3 unspecified atom stereocenters. The van der Waals surface area contributed by atoms with Crippen LogP contribution in [0.25, 0.3) is 0 Å². The second-order valence-electron chi connectivity index (χ2n) is 15.8. The van der Waals surface area contributed by atoms with Crippen LogP contribution in [0, 0.1) is 45.3 Å². The maximum atomic E-state index is 14.6. The highest BCUT2D eigenvalue weighted by atomic mass is 16.7. The van der Waals surface area contributed by atoms with E-state index in [1.165, 1.54) is 5.57 Å². The Balaban J connectivity index is 1.29. The molecule has 4 aliphatic carbocycles. The van der Waals surface area contributed by atoms with E-state index in [2.05, 4.69) is 40.7 Å². The summed E-state index contributed by atoms with van der Waals surface area (Å²) in [4.78, 5) is 27.7. The fraction of sp³-hybridized carbons (Fsp3) is 0.824. The van der Waals surface area contributed by atoms with E-state index in [4.69, 9.17) is 14.2 Å². The van der Waals surface area contributed by atoms with Crippen LogP contribution >= 0.6 is 0 Å². The maximum Gasteiger partial charge on any atom is 0.199 e. The molecule has 6 rings (SSSR count). The van der Waals surface area contributed by atoms with Crippen molar-refractivity contribution in [1.82, 2.24) is 0 Å². The molecule has 1 saturated heterocycles. The van der Waals surface area contributed by atoms with Gasteiger partial charge in [0, 0.05) is 35.2 Å². The summed E-state index contributed by atoms with van der Waals surface area (Å²) in [5.74, 6) is 0.308. The number of hydrogen-bond acceptors (Lipinski definition) is 9. The van der Waals surface area contributed by atoms with Crippen molar-refractivity contribution in [3.05, 3.63) is 23.5 Å². The highest BCUT2D eigenvalue weighted by Crippen LogP contribution is 2.73. The van der Waals surface area contributed by atoms with Gasteiger partial charge in [-0.3, -0.25) is 9.59 Å². The lowest BCUT2D eigenvalue weighted by Crippen LogP contribution is -2.64. The minimum Gasteiger partial charge on any atom is -0.486 e. The fourth-order valence-electron chi connectivity index (χ4n) is 10.4. The number of fused-ring (bicyclic) bond motifs is 5. The first kappa shape index (κ1) is 31.4. The van der Waals surface area contributed by atoms with E-state index in [1.807, 2.05) is 13.8 Å². The number of Topliss-reactive ketones (excluding diaryl/α,β-unsaturated/α-hetero) is 1. The zero-order valence-electron chi connectivity index (χ0n) is 26.6. The number of rotatable bonds is 4. The van der Waals surface area contributed by atoms with Crippen LogP contribution in [-0.4, -0.2) is 81.5 Å². The topological polar surface area (TPSA) is 143 Å². The van der Waals surface area contributed by atoms with Crippen molar-refractivity contribution >= 4 is 11.6 Å². The molecule has 240 valence electrons. The molecule has 0 bridgehead atoms. The lowest BCUT2D eigenvalue weighted by Gasteiger charge is -2.64. The number of ether oxygens (including phenoxy) is 3. The van der Waals surface area contributed by atoms with Crippen molar-refractivity contribution in [1.29, 1.82) is 0 Å². The minimum atomic E-state index is -1.36. The predicted molar refractivity (Wildman–Crippen MR) is 156 cm³/mol. The van der Waals surface area contributed by atoms with E-state index in [1.54, 1.807) is 6.08 Å². The molecule has 0 radical (unpaired) electrons. The van der Waals surface area contributed by atoms with Crippen molar-refractivity contribution in [2.75, 3.05) is 6.61 Å². The Labute approximate surface area is 254 Å². The van der Waals surface area contributed by atoms with Crippen LogP contribution in [-0.2, 0) is 23.8 Å². The Bertz CT molecular complexity index is 1240. The molecular formula is C34H50O9. The molecule has 6 aliphatic rings. The van der Waals surface area contributed by atoms with Gasteiger partial charge in [-0.25, -0.2) is 0 Å². The second-order valence-corrected chi connectivity index (χ2v) is 15.8. The summed E-state index contributed by atoms with van der Waals surface area (Å²) in [6.07, 6.45) is -0.0521. The number of carbonyl (C=O) groups is 2. The summed E-state index contributed by atoms with van der Waals surface area (Å²) in [5.41, 5.74) is -0.929. The SMILES string of the molecule is CC(C)C1=CC(=O)C([C@H]2[C@H](O)C[C@@]3(C)C4CC=C5C(CC[C@@H](O[C@@H]6OC[C@@H](O)[C@H](O)[C@H]6O)C5(C)C)[C@]4(C)C(=O)C[C@]23C)O1. The van der Waals surface area contributed by atoms with Gasteiger partial charge in [0.2, 0.25) is 0 Å². The summed E-state index contributed by atoms with van der Waals surface area (Å²) < 4.78 is 18.1. The Kier molecular flexibility index (Phi) is 7.44. The predicted octanol–water partition coefficient (Wildman–Crippen LogP) is 3.07. The van der Waals surface area contributed by atoms with E-state index >= 15 is 0 Å². The molecule has 4 N–H and O–H groups in total. The van der Waals surface area contributed by atoms with Gasteiger partial charge in [-0.2, -0.15) is 0 Å². The molecule has 3 saturated carbocycles. The Morgan fingerprint density at radius 1 is 0.953 bits per heavy atom. The molecule has 9 heteroatoms. The smallest absolute Gasteiger partial charge is 0.199 e. The average Bonchev–Trinajstić information content (AvgIpc) is 3.39. The Morgan fingerprint density at radius 3 is 2.30 bits per heavy atom. The van der Waals surface area contributed by atoms with Gasteiger partial charge in [-0.1, -0.05) is 60.1 Å². The number of allylic oxidation sites excluding steroid dienone is 2. The average molecular weight is 603 g/mol. The molecular weight excluding hydrogens is 552 g/mol. The van der Waals surface area contributed by atoms with Gasteiger partial charge in [-0.05, 0) is 48.3 Å². The summed E-state index contributed by atoms with van der Waals surface area (Å²) in [6.45, 7) is 14.5. The van der Waals surface area contributed by atoms with Crippen LogP contribution in [0.15, 0.2) is 23.5 Å². The lowest BCUT2D eigenvalue weighted by molar-refractivity contribution is -0.293. The van der Waals surface area contributed by atoms with Gasteiger partial charge in [0.1, 0.15) is 29.9 Å². The molecule has 0 amide bonds. The lowest BCUT2D eigenvalue weighted by atomic mass is 9.39. The zero-order chi connectivity index (χ0) is 31.4. The fourth-order valence-corrected chi connectivity index (χ4v) is 10.4. The number of carbonyl (C=O) groups excluding carboxylic acids is 2. The Morgan fingerprint density at radius 2 is 1.65 bits per heavy atom. The zero-order valence-corrected chi connectivity index (χ0v) is 26.6. The summed E-state index contributed by atoms with van der Waals surface area (Å²) in [5, 5.41) is 42.2. The van der Waals surface area contributed by atoms with Crippen molar-refractivity contribution < 1.29 is 44.2 Å². The first-order chi connectivity index (χ1) is 20.0.